The predicted octanol–water partition coefficient (Wildman–Crippen LogP) is 5.03. The van der Waals surface area contributed by atoms with Gasteiger partial charge in [0, 0.05) is 20.7 Å². The summed E-state index contributed by atoms with van der Waals surface area (Å²) in [5, 5.41) is 1.73. The quantitative estimate of drug-likeness (QED) is 0.598. The summed E-state index contributed by atoms with van der Waals surface area (Å²) in [6.07, 6.45) is 0.918. The smallest absolute Gasteiger partial charge is 0.160 e. The number of carbonyl (C=O) groups is 1. The standard InChI is InChI=1S/C15H9ClOS/c16-11-6-7-13-12(8-11)15(14(9-17)18-13)10-4-2-1-3-5-10/h1-9H. The first-order valence-electron chi connectivity index (χ1n) is 5.52. The van der Waals surface area contributed by atoms with Crippen LogP contribution in [0.25, 0.3) is 21.2 Å². The Kier molecular flexibility index (Phi) is 2.90. The van der Waals surface area contributed by atoms with E-state index >= 15 is 0 Å². The van der Waals surface area contributed by atoms with Crippen LogP contribution in [-0.2, 0) is 0 Å². The highest BCUT2D eigenvalue weighted by atomic mass is 35.5. The minimum Gasteiger partial charge on any atom is -0.297 e. The van der Waals surface area contributed by atoms with Crippen molar-refractivity contribution in [2.75, 3.05) is 0 Å². The van der Waals surface area contributed by atoms with Gasteiger partial charge in [-0.2, -0.15) is 0 Å². The molecule has 0 saturated carbocycles. The van der Waals surface area contributed by atoms with E-state index in [1.165, 1.54) is 11.3 Å². The van der Waals surface area contributed by atoms with Crippen LogP contribution in [0.1, 0.15) is 9.67 Å². The van der Waals surface area contributed by atoms with Crippen LogP contribution in [0.15, 0.2) is 48.5 Å². The zero-order valence-corrected chi connectivity index (χ0v) is 11.0. The monoisotopic (exact) mass is 272 g/mol. The molecule has 1 heterocycles. The number of rotatable bonds is 2. The molecule has 3 rings (SSSR count). The van der Waals surface area contributed by atoms with Gasteiger partial charge in [-0.1, -0.05) is 41.9 Å². The lowest BCUT2D eigenvalue weighted by atomic mass is 10.0. The van der Waals surface area contributed by atoms with Gasteiger partial charge in [-0.05, 0) is 23.8 Å². The van der Waals surface area contributed by atoms with Crippen molar-refractivity contribution in [3.05, 3.63) is 58.4 Å². The van der Waals surface area contributed by atoms with E-state index in [0.29, 0.717) is 5.02 Å². The minimum absolute atomic E-state index is 0.690. The van der Waals surface area contributed by atoms with Crippen LogP contribution in [-0.4, -0.2) is 6.29 Å². The van der Waals surface area contributed by atoms with E-state index in [-0.39, 0.29) is 0 Å². The van der Waals surface area contributed by atoms with Crippen molar-refractivity contribution in [3.8, 4) is 11.1 Å². The first-order chi connectivity index (χ1) is 8.79. The van der Waals surface area contributed by atoms with Crippen LogP contribution in [0.2, 0.25) is 5.02 Å². The Morgan fingerprint density at radius 2 is 1.83 bits per heavy atom. The molecule has 0 unspecified atom stereocenters. The number of carbonyl (C=O) groups excluding carboxylic acids is 1. The third kappa shape index (κ3) is 1.84. The third-order valence-electron chi connectivity index (χ3n) is 2.85. The highest BCUT2D eigenvalue weighted by Crippen LogP contribution is 2.38. The minimum atomic E-state index is 0.690. The van der Waals surface area contributed by atoms with Crippen molar-refractivity contribution < 1.29 is 4.79 Å². The maximum Gasteiger partial charge on any atom is 0.160 e. The summed E-state index contributed by atoms with van der Waals surface area (Å²) in [7, 11) is 0. The summed E-state index contributed by atoms with van der Waals surface area (Å²) in [5.74, 6) is 0. The zero-order chi connectivity index (χ0) is 12.5. The van der Waals surface area contributed by atoms with E-state index < -0.39 is 0 Å². The Bertz CT molecular complexity index is 716. The highest BCUT2D eigenvalue weighted by molar-refractivity contribution is 7.21. The molecule has 0 aliphatic rings. The number of benzene rings is 2. The molecule has 0 spiro atoms. The molecule has 18 heavy (non-hydrogen) atoms. The number of halogens is 1. The molecule has 0 fully saturated rings. The van der Waals surface area contributed by atoms with Crippen molar-refractivity contribution in [2.45, 2.75) is 0 Å². The normalized spacial score (nSPS) is 10.7. The number of hydrogen-bond donors (Lipinski definition) is 0. The molecular formula is C15H9ClOS. The van der Waals surface area contributed by atoms with Crippen LogP contribution in [0.5, 0.6) is 0 Å². The molecule has 0 saturated heterocycles. The van der Waals surface area contributed by atoms with Crippen LogP contribution >= 0.6 is 22.9 Å². The molecule has 0 bridgehead atoms. The molecule has 0 radical (unpaired) electrons. The van der Waals surface area contributed by atoms with Crippen molar-refractivity contribution in [3.63, 3.8) is 0 Å². The largest absolute Gasteiger partial charge is 0.297 e. The fourth-order valence-corrected chi connectivity index (χ4v) is 3.27. The first-order valence-corrected chi connectivity index (χ1v) is 6.71. The van der Waals surface area contributed by atoms with E-state index in [1.54, 1.807) is 0 Å². The Balaban J connectivity index is 2.38. The molecule has 0 N–H and O–H groups in total. The van der Waals surface area contributed by atoms with Gasteiger partial charge in [-0.3, -0.25) is 4.79 Å². The predicted molar refractivity (Wildman–Crippen MR) is 77.7 cm³/mol. The van der Waals surface area contributed by atoms with Crippen LogP contribution < -0.4 is 0 Å². The molecule has 3 heteroatoms. The summed E-state index contributed by atoms with van der Waals surface area (Å²) in [6.45, 7) is 0. The van der Waals surface area contributed by atoms with Crippen LogP contribution in [0, 0.1) is 0 Å². The van der Waals surface area contributed by atoms with E-state index in [9.17, 15) is 4.79 Å². The van der Waals surface area contributed by atoms with Gasteiger partial charge >= 0.3 is 0 Å². The van der Waals surface area contributed by atoms with E-state index in [4.69, 9.17) is 11.6 Å². The Hall–Kier alpha value is -1.64. The molecule has 2 aromatic carbocycles. The summed E-state index contributed by atoms with van der Waals surface area (Å²) in [5.41, 5.74) is 2.03. The molecule has 0 aliphatic carbocycles. The number of fused-ring (bicyclic) bond motifs is 1. The lowest BCUT2D eigenvalue weighted by Gasteiger charge is -2.01. The van der Waals surface area contributed by atoms with E-state index in [2.05, 4.69) is 0 Å². The van der Waals surface area contributed by atoms with Gasteiger partial charge in [0.1, 0.15) is 0 Å². The molecular weight excluding hydrogens is 264 g/mol. The van der Waals surface area contributed by atoms with Crippen molar-refractivity contribution >= 4 is 39.3 Å². The summed E-state index contributed by atoms with van der Waals surface area (Å²) in [4.78, 5) is 12.0. The second kappa shape index (κ2) is 4.56. The second-order valence-electron chi connectivity index (χ2n) is 3.97. The maximum absolute atomic E-state index is 11.2. The summed E-state index contributed by atoms with van der Waals surface area (Å²) >= 11 is 7.55. The molecule has 1 nitrogen and oxygen atoms in total. The first kappa shape index (κ1) is 11.5. The van der Waals surface area contributed by atoms with Gasteiger partial charge in [-0.25, -0.2) is 0 Å². The average molecular weight is 273 g/mol. The SMILES string of the molecule is O=Cc1sc2ccc(Cl)cc2c1-c1ccccc1. The molecule has 0 aliphatic heterocycles. The molecule has 3 aromatic rings. The highest BCUT2D eigenvalue weighted by Gasteiger charge is 2.13. The van der Waals surface area contributed by atoms with Gasteiger partial charge < -0.3 is 0 Å². The number of hydrogen-bond acceptors (Lipinski definition) is 2. The second-order valence-corrected chi connectivity index (χ2v) is 5.49. The van der Waals surface area contributed by atoms with Gasteiger partial charge in [0.25, 0.3) is 0 Å². The molecule has 88 valence electrons. The van der Waals surface area contributed by atoms with Gasteiger partial charge in [0.05, 0.1) is 4.88 Å². The number of aldehydes is 1. The topological polar surface area (TPSA) is 17.1 Å². The van der Waals surface area contributed by atoms with Gasteiger partial charge in [-0.15, -0.1) is 11.3 Å². The van der Waals surface area contributed by atoms with E-state index in [0.717, 1.165) is 32.4 Å². The molecule has 0 amide bonds. The average Bonchev–Trinajstić information content (AvgIpc) is 2.77. The summed E-state index contributed by atoms with van der Waals surface area (Å²) < 4.78 is 1.08. The van der Waals surface area contributed by atoms with Crippen molar-refractivity contribution in [1.29, 1.82) is 0 Å². The number of thiophene rings is 1. The third-order valence-corrected chi connectivity index (χ3v) is 4.18. The molecule has 0 atom stereocenters. The Morgan fingerprint density at radius 1 is 1.06 bits per heavy atom. The van der Waals surface area contributed by atoms with Crippen LogP contribution in [0.3, 0.4) is 0 Å². The lowest BCUT2D eigenvalue weighted by molar-refractivity contribution is 0.112. The molecule has 1 aromatic heterocycles. The summed E-state index contributed by atoms with van der Waals surface area (Å²) in [6, 6.07) is 15.7. The van der Waals surface area contributed by atoms with E-state index in [1.807, 2.05) is 48.5 Å². The van der Waals surface area contributed by atoms with Gasteiger partial charge in [0.15, 0.2) is 6.29 Å². The zero-order valence-electron chi connectivity index (χ0n) is 9.39. The fourth-order valence-electron chi connectivity index (χ4n) is 2.07. The fraction of sp³-hybridized carbons (Fsp3) is 0. The van der Waals surface area contributed by atoms with Crippen LogP contribution in [0.4, 0.5) is 0 Å². The Labute approximate surface area is 114 Å². The lowest BCUT2D eigenvalue weighted by Crippen LogP contribution is -1.80. The van der Waals surface area contributed by atoms with Crippen molar-refractivity contribution in [1.82, 2.24) is 0 Å². The maximum atomic E-state index is 11.2. The van der Waals surface area contributed by atoms with Crippen molar-refractivity contribution in [2.24, 2.45) is 0 Å². The Morgan fingerprint density at radius 3 is 2.56 bits per heavy atom. The van der Waals surface area contributed by atoms with Gasteiger partial charge in [0.2, 0.25) is 0 Å².